The van der Waals surface area contributed by atoms with Crippen LogP contribution in [0.4, 0.5) is 0 Å². The van der Waals surface area contributed by atoms with Gasteiger partial charge < -0.3 is 9.64 Å². The van der Waals surface area contributed by atoms with Crippen LogP contribution in [0.5, 0.6) is 0 Å². The van der Waals surface area contributed by atoms with Crippen molar-refractivity contribution in [3.8, 4) is 0 Å². The zero-order valence-electron chi connectivity index (χ0n) is 20.5. The highest BCUT2D eigenvalue weighted by Gasteiger charge is 2.36. The summed E-state index contributed by atoms with van der Waals surface area (Å²) in [5, 5.41) is 0.740. The molecule has 1 fully saturated rings. The van der Waals surface area contributed by atoms with Crippen molar-refractivity contribution in [2.24, 2.45) is 11.3 Å². The second-order valence-electron chi connectivity index (χ2n) is 10.3. The number of hydrogen-bond acceptors (Lipinski definition) is 6. The molecule has 2 aliphatic rings. The smallest absolute Gasteiger partial charge is 0.339 e. The first-order valence-electron chi connectivity index (χ1n) is 12.1. The van der Waals surface area contributed by atoms with Crippen molar-refractivity contribution in [3.05, 3.63) is 41.1 Å². The molecule has 2 unspecified atom stereocenters. The quantitative estimate of drug-likeness (QED) is 0.580. The van der Waals surface area contributed by atoms with Crippen LogP contribution in [-0.2, 0) is 32.2 Å². The van der Waals surface area contributed by atoms with Gasteiger partial charge in [0.05, 0.1) is 22.6 Å². The Morgan fingerprint density at radius 1 is 1.21 bits per heavy atom. The summed E-state index contributed by atoms with van der Waals surface area (Å²) in [6, 6.07) is 7.18. The minimum atomic E-state index is -3.11. The van der Waals surface area contributed by atoms with Crippen molar-refractivity contribution < 1.29 is 22.7 Å². The van der Waals surface area contributed by atoms with E-state index in [0.29, 0.717) is 17.9 Å². The fourth-order valence-electron chi connectivity index (χ4n) is 5.16. The van der Waals surface area contributed by atoms with Gasteiger partial charge in [-0.1, -0.05) is 45.4 Å². The van der Waals surface area contributed by atoms with Crippen LogP contribution < -0.4 is 0 Å². The predicted octanol–water partition coefficient (Wildman–Crippen LogP) is 3.58. The molecule has 1 saturated heterocycles. The number of sulfone groups is 1. The first-order valence-corrected chi connectivity index (χ1v) is 13.9. The average Bonchev–Trinajstić information content (AvgIpc) is 3.19. The number of aromatic nitrogens is 1. The maximum atomic E-state index is 13.4. The van der Waals surface area contributed by atoms with E-state index >= 15 is 0 Å². The van der Waals surface area contributed by atoms with E-state index in [9.17, 15) is 18.0 Å². The number of benzene rings is 1. The molecular formula is C26H34N2O5S. The molecule has 0 saturated carbocycles. The fourth-order valence-corrected chi connectivity index (χ4v) is 6.94. The molecule has 1 aromatic heterocycles. The number of carbonyl (C=O) groups is 2. The topological polar surface area (TPSA) is 93.6 Å². The summed E-state index contributed by atoms with van der Waals surface area (Å²) in [6.07, 6.45) is 4.06. The van der Waals surface area contributed by atoms with Gasteiger partial charge in [0.15, 0.2) is 16.4 Å². The summed E-state index contributed by atoms with van der Waals surface area (Å²) < 4.78 is 29.1. The zero-order valence-corrected chi connectivity index (χ0v) is 21.3. The molecule has 0 bridgehead atoms. The first-order chi connectivity index (χ1) is 16.0. The molecule has 0 spiro atoms. The molecule has 1 aliphatic heterocycles. The van der Waals surface area contributed by atoms with Crippen LogP contribution in [0.15, 0.2) is 24.3 Å². The standard InChI is InChI=1S/C26H34N2O5S/c1-5-26(2,3)17-10-11-22-20(14-17)24(19-8-6-7-9-21(19)27-22)25(30)33-15-23(29)28(4)18-12-13-34(31,32)16-18/h6-9,17-18H,5,10-16H2,1-4H3. The lowest BCUT2D eigenvalue weighted by molar-refractivity contribution is -0.134. The van der Waals surface area contributed by atoms with Crippen LogP contribution >= 0.6 is 0 Å². The van der Waals surface area contributed by atoms with Crippen LogP contribution in [-0.4, -0.2) is 61.4 Å². The fraction of sp³-hybridized carbons (Fsp3) is 0.577. The van der Waals surface area contributed by atoms with E-state index in [1.807, 2.05) is 24.3 Å². The number of rotatable bonds is 6. The number of pyridine rings is 1. The van der Waals surface area contributed by atoms with Crippen molar-refractivity contribution in [3.63, 3.8) is 0 Å². The lowest BCUT2D eigenvalue weighted by atomic mass is 9.68. The second kappa shape index (κ2) is 9.29. The predicted molar refractivity (Wildman–Crippen MR) is 131 cm³/mol. The molecule has 7 nitrogen and oxygen atoms in total. The van der Waals surface area contributed by atoms with Gasteiger partial charge in [0.2, 0.25) is 0 Å². The van der Waals surface area contributed by atoms with Gasteiger partial charge in [-0.05, 0) is 48.6 Å². The number of hydrogen-bond donors (Lipinski definition) is 0. The Kier molecular flexibility index (Phi) is 6.73. The summed E-state index contributed by atoms with van der Waals surface area (Å²) in [7, 11) is -1.54. The number of aryl methyl sites for hydroxylation is 1. The molecule has 2 heterocycles. The van der Waals surface area contributed by atoms with Crippen molar-refractivity contribution >= 4 is 32.6 Å². The molecule has 1 amide bonds. The van der Waals surface area contributed by atoms with Gasteiger partial charge in [-0.25, -0.2) is 13.2 Å². The second-order valence-corrected chi connectivity index (χ2v) is 12.6. The van der Waals surface area contributed by atoms with Gasteiger partial charge in [-0.3, -0.25) is 9.78 Å². The molecule has 1 aromatic carbocycles. The highest BCUT2D eigenvalue weighted by Crippen LogP contribution is 2.41. The van der Waals surface area contributed by atoms with Gasteiger partial charge in [0.25, 0.3) is 5.91 Å². The molecule has 184 valence electrons. The minimum Gasteiger partial charge on any atom is -0.452 e. The molecule has 34 heavy (non-hydrogen) atoms. The largest absolute Gasteiger partial charge is 0.452 e. The Morgan fingerprint density at radius 3 is 2.62 bits per heavy atom. The minimum absolute atomic E-state index is 0.0414. The van der Waals surface area contributed by atoms with Crippen LogP contribution in [0.1, 0.15) is 61.6 Å². The molecule has 2 atom stereocenters. The lowest BCUT2D eigenvalue weighted by Gasteiger charge is -2.37. The number of fused-ring (bicyclic) bond motifs is 2. The molecular weight excluding hydrogens is 452 g/mol. The van der Waals surface area contributed by atoms with Crippen molar-refractivity contribution in [1.29, 1.82) is 0 Å². The van der Waals surface area contributed by atoms with Crippen LogP contribution in [0.3, 0.4) is 0 Å². The van der Waals surface area contributed by atoms with E-state index in [4.69, 9.17) is 9.72 Å². The Morgan fingerprint density at radius 2 is 1.94 bits per heavy atom. The number of nitrogens with zero attached hydrogens (tertiary/aromatic N) is 2. The van der Waals surface area contributed by atoms with E-state index in [0.717, 1.165) is 47.8 Å². The highest BCUT2D eigenvalue weighted by molar-refractivity contribution is 7.91. The summed E-state index contributed by atoms with van der Waals surface area (Å²) in [4.78, 5) is 32.3. The molecule has 0 radical (unpaired) electrons. The van der Waals surface area contributed by atoms with Crippen LogP contribution in [0, 0.1) is 11.3 Å². The monoisotopic (exact) mass is 486 g/mol. The summed E-state index contributed by atoms with van der Waals surface area (Å²) in [5.74, 6) is -0.449. The van der Waals surface area contributed by atoms with Crippen molar-refractivity contribution in [2.45, 2.75) is 58.9 Å². The Labute approximate surface area is 201 Å². The summed E-state index contributed by atoms with van der Waals surface area (Å²) in [6.45, 7) is 6.32. The lowest BCUT2D eigenvalue weighted by Crippen LogP contribution is -2.40. The zero-order chi connectivity index (χ0) is 24.7. The molecule has 8 heteroatoms. The normalized spacial score (nSPS) is 21.8. The van der Waals surface area contributed by atoms with Gasteiger partial charge >= 0.3 is 5.97 Å². The highest BCUT2D eigenvalue weighted by atomic mass is 32.2. The SMILES string of the molecule is CCC(C)(C)C1CCc2nc3ccccc3c(C(=O)OCC(=O)N(C)C3CCS(=O)(=O)C3)c2C1. The number of carbonyl (C=O) groups excluding carboxylic acids is 2. The van der Waals surface area contributed by atoms with Gasteiger partial charge in [0.1, 0.15) is 0 Å². The number of para-hydroxylation sites is 1. The molecule has 0 N–H and O–H groups in total. The Balaban J connectivity index is 1.59. The number of likely N-dealkylation sites (N-methyl/N-ethyl adjacent to an activating group) is 1. The first kappa shape index (κ1) is 24.6. The van der Waals surface area contributed by atoms with Gasteiger partial charge in [-0.15, -0.1) is 0 Å². The number of amides is 1. The van der Waals surface area contributed by atoms with Crippen LogP contribution in [0.2, 0.25) is 0 Å². The Bertz CT molecular complexity index is 1220. The van der Waals surface area contributed by atoms with Gasteiger partial charge in [-0.2, -0.15) is 0 Å². The Hall–Kier alpha value is -2.48. The third-order valence-corrected chi connectivity index (χ3v) is 9.71. The number of esters is 1. The van der Waals surface area contributed by atoms with E-state index in [1.165, 1.54) is 4.90 Å². The maximum Gasteiger partial charge on any atom is 0.339 e. The third kappa shape index (κ3) is 4.83. The van der Waals surface area contributed by atoms with E-state index in [1.54, 1.807) is 7.05 Å². The van der Waals surface area contributed by atoms with Crippen LogP contribution in [0.25, 0.3) is 10.9 Å². The number of ether oxygens (including phenoxy) is 1. The van der Waals surface area contributed by atoms with E-state index in [-0.39, 0.29) is 23.0 Å². The third-order valence-electron chi connectivity index (χ3n) is 7.96. The van der Waals surface area contributed by atoms with Crippen molar-refractivity contribution in [1.82, 2.24) is 9.88 Å². The maximum absolute atomic E-state index is 13.4. The van der Waals surface area contributed by atoms with Gasteiger partial charge in [0, 0.05) is 24.2 Å². The molecule has 4 rings (SSSR count). The summed E-state index contributed by atoms with van der Waals surface area (Å²) >= 11 is 0. The average molecular weight is 487 g/mol. The summed E-state index contributed by atoms with van der Waals surface area (Å²) in [5.41, 5.74) is 3.28. The molecule has 1 aliphatic carbocycles. The van der Waals surface area contributed by atoms with E-state index < -0.39 is 28.3 Å². The molecule has 2 aromatic rings. The van der Waals surface area contributed by atoms with Crippen molar-refractivity contribution in [2.75, 3.05) is 25.2 Å². The van der Waals surface area contributed by atoms with E-state index in [2.05, 4.69) is 20.8 Å².